The molecule has 0 saturated carbocycles. The Morgan fingerprint density at radius 2 is 2.16 bits per heavy atom. The van der Waals surface area contributed by atoms with E-state index in [0.29, 0.717) is 33.8 Å². The third-order valence-electron chi connectivity index (χ3n) is 4.40. The lowest BCUT2D eigenvalue weighted by molar-refractivity contribution is -0.119. The smallest absolute Gasteiger partial charge is 0.270 e. The van der Waals surface area contributed by atoms with Gasteiger partial charge in [0.15, 0.2) is 0 Å². The van der Waals surface area contributed by atoms with Crippen molar-refractivity contribution in [1.29, 1.82) is 5.26 Å². The SMILES string of the molecule is COc1cc(C#N)ccc1C1c2c(cn[nH]c2=O)N=C(C)C1C(C)=O. The van der Waals surface area contributed by atoms with E-state index < -0.39 is 17.4 Å². The van der Waals surface area contributed by atoms with Gasteiger partial charge in [0.25, 0.3) is 5.56 Å². The molecule has 2 unspecified atom stereocenters. The second-order valence-corrected chi connectivity index (χ2v) is 5.89. The third-order valence-corrected chi connectivity index (χ3v) is 4.40. The maximum Gasteiger partial charge on any atom is 0.270 e. The van der Waals surface area contributed by atoms with Gasteiger partial charge in [-0.05, 0) is 26.0 Å². The number of benzene rings is 1. The minimum atomic E-state index is -0.585. The van der Waals surface area contributed by atoms with Gasteiger partial charge in [-0.2, -0.15) is 10.4 Å². The molecule has 0 bridgehead atoms. The zero-order valence-corrected chi connectivity index (χ0v) is 14.0. The number of ketones is 1. The molecule has 0 amide bonds. The molecule has 0 saturated heterocycles. The second kappa shape index (κ2) is 6.32. The molecule has 7 heteroatoms. The van der Waals surface area contributed by atoms with E-state index in [9.17, 15) is 9.59 Å². The Balaban J connectivity index is 2.33. The number of nitrogens with zero attached hydrogens (tertiary/aromatic N) is 3. The molecule has 0 fully saturated rings. The summed E-state index contributed by atoms with van der Waals surface area (Å²) < 4.78 is 5.43. The van der Waals surface area contributed by atoms with E-state index in [1.165, 1.54) is 20.2 Å². The fourth-order valence-corrected chi connectivity index (χ4v) is 3.36. The Labute approximate surface area is 144 Å². The quantitative estimate of drug-likeness (QED) is 0.923. The molecule has 0 radical (unpaired) electrons. The minimum absolute atomic E-state index is 0.0977. The number of H-pyrrole nitrogens is 1. The van der Waals surface area contributed by atoms with E-state index in [2.05, 4.69) is 21.3 Å². The molecular formula is C18H16N4O3. The number of carbonyl (C=O) groups is 1. The highest BCUT2D eigenvalue weighted by Crippen LogP contribution is 2.43. The predicted molar refractivity (Wildman–Crippen MR) is 91.3 cm³/mol. The fraction of sp³-hybridized carbons (Fsp3) is 0.278. The maximum atomic E-state index is 12.5. The molecule has 2 heterocycles. The summed E-state index contributed by atoms with van der Waals surface area (Å²) in [6, 6.07) is 7.02. The van der Waals surface area contributed by atoms with Crippen molar-refractivity contribution in [2.45, 2.75) is 19.8 Å². The van der Waals surface area contributed by atoms with Crippen molar-refractivity contribution in [1.82, 2.24) is 10.2 Å². The number of Topliss-reactive ketones (excluding diaryl/α,β-unsaturated/α-hetero) is 1. The Hall–Kier alpha value is -3.27. The Morgan fingerprint density at radius 3 is 2.80 bits per heavy atom. The van der Waals surface area contributed by atoms with E-state index in [1.54, 1.807) is 25.1 Å². The summed E-state index contributed by atoms with van der Waals surface area (Å²) in [4.78, 5) is 29.2. The number of ether oxygens (including phenoxy) is 1. The van der Waals surface area contributed by atoms with Crippen LogP contribution in [0.3, 0.4) is 0 Å². The number of fused-ring (bicyclic) bond motifs is 1. The molecule has 1 N–H and O–H groups in total. The molecule has 7 nitrogen and oxygen atoms in total. The minimum Gasteiger partial charge on any atom is -0.496 e. The number of methoxy groups -OCH3 is 1. The van der Waals surface area contributed by atoms with Gasteiger partial charge in [-0.1, -0.05) is 6.07 Å². The number of aromatic nitrogens is 2. The Morgan fingerprint density at radius 1 is 1.40 bits per heavy atom. The van der Waals surface area contributed by atoms with E-state index in [4.69, 9.17) is 10.00 Å². The average molecular weight is 336 g/mol. The van der Waals surface area contributed by atoms with Gasteiger partial charge in [-0.25, -0.2) is 5.10 Å². The summed E-state index contributed by atoms with van der Waals surface area (Å²) in [5, 5.41) is 15.3. The molecule has 1 aliphatic rings. The van der Waals surface area contributed by atoms with Crippen molar-refractivity contribution in [2.24, 2.45) is 10.9 Å². The van der Waals surface area contributed by atoms with Crippen LogP contribution in [0.2, 0.25) is 0 Å². The molecule has 3 rings (SSSR count). The van der Waals surface area contributed by atoms with Crippen LogP contribution in [0.25, 0.3) is 0 Å². The molecule has 0 spiro atoms. The summed E-state index contributed by atoms with van der Waals surface area (Å²) in [7, 11) is 1.49. The number of carbonyl (C=O) groups excluding carboxylic acids is 1. The van der Waals surface area contributed by atoms with E-state index in [0.717, 1.165) is 0 Å². The molecule has 2 atom stereocenters. The van der Waals surface area contributed by atoms with E-state index >= 15 is 0 Å². The number of rotatable bonds is 3. The van der Waals surface area contributed by atoms with Gasteiger partial charge in [-0.15, -0.1) is 0 Å². The third kappa shape index (κ3) is 2.72. The summed E-state index contributed by atoms with van der Waals surface area (Å²) in [6.07, 6.45) is 1.47. The van der Waals surface area contributed by atoms with Crippen molar-refractivity contribution in [3.05, 3.63) is 51.4 Å². The Kier molecular flexibility index (Phi) is 4.19. The van der Waals surface area contributed by atoms with Crippen LogP contribution in [-0.4, -0.2) is 28.8 Å². The maximum absolute atomic E-state index is 12.5. The van der Waals surface area contributed by atoms with Crippen LogP contribution < -0.4 is 10.3 Å². The average Bonchev–Trinajstić information content (AvgIpc) is 2.59. The highest BCUT2D eigenvalue weighted by molar-refractivity contribution is 6.06. The summed E-state index contributed by atoms with van der Waals surface area (Å²) in [5.41, 5.74) is 2.14. The van der Waals surface area contributed by atoms with Gasteiger partial charge in [0.05, 0.1) is 42.1 Å². The highest BCUT2D eigenvalue weighted by Gasteiger charge is 2.39. The van der Waals surface area contributed by atoms with Gasteiger partial charge in [0.2, 0.25) is 0 Å². The molecule has 1 aromatic carbocycles. The van der Waals surface area contributed by atoms with Gasteiger partial charge < -0.3 is 4.74 Å². The second-order valence-electron chi connectivity index (χ2n) is 5.89. The largest absolute Gasteiger partial charge is 0.496 e. The van der Waals surface area contributed by atoms with Crippen LogP contribution in [-0.2, 0) is 4.79 Å². The molecule has 1 aromatic heterocycles. The molecule has 126 valence electrons. The van der Waals surface area contributed by atoms with Crippen LogP contribution in [0.1, 0.15) is 36.5 Å². The van der Waals surface area contributed by atoms with Crippen molar-refractivity contribution < 1.29 is 9.53 Å². The van der Waals surface area contributed by atoms with E-state index in [-0.39, 0.29) is 5.78 Å². The number of aromatic amines is 1. The number of nitriles is 1. The lowest BCUT2D eigenvalue weighted by Crippen LogP contribution is -2.34. The lowest BCUT2D eigenvalue weighted by Gasteiger charge is -2.30. The van der Waals surface area contributed by atoms with Crippen LogP contribution in [0.15, 0.2) is 34.2 Å². The highest BCUT2D eigenvalue weighted by atomic mass is 16.5. The topological polar surface area (TPSA) is 108 Å². The predicted octanol–water partition coefficient (Wildman–Crippen LogP) is 2.09. The Bertz CT molecular complexity index is 985. The standard InChI is InChI=1S/C18H16N4O3/c1-9-15(10(2)23)16(17-13(21-9)8-20-22-18(17)24)12-5-4-11(7-19)6-14(12)25-3/h4-6,8,15-16H,1-3H3,(H,22,24). The first-order valence-corrected chi connectivity index (χ1v) is 7.69. The summed E-state index contributed by atoms with van der Waals surface area (Å²) in [6.45, 7) is 3.24. The van der Waals surface area contributed by atoms with Crippen molar-refractivity contribution in [2.75, 3.05) is 7.11 Å². The number of hydrogen-bond acceptors (Lipinski definition) is 6. The van der Waals surface area contributed by atoms with Crippen LogP contribution in [0.5, 0.6) is 5.75 Å². The van der Waals surface area contributed by atoms with Crippen molar-refractivity contribution in [3.63, 3.8) is 0 Å². The number of nitrogens with one attached hydrogen (secondary N) is 1. The summed E-state index contributed by atoms with van der Waals surface area (Å²) in [5.74, 6) is -0.788. The van der Waals surface area contributed by atoms with Crippen molar-refractivity contribution >= 4 is 17.2 Å². The fourth-order valence-electron chi connectivity index (χ4n) is 3.36. The molecular weight excluding hydrogens is 320 g/mol. The number of aliphatic imine (C=N–C) groups is 1. The van der Waals surface area contributed by atoms with Crippen LogP contribution >= 0.6 is 0 Å². The molecule has 25 heavy (non-hydrogen) atoms. The normalized spacial score (nSPS) is 18.7. The van der Waals surface area contributed by atoms with Crippen LogP contribution in [0.4, 0.5) is 5.69 Å². The lowest BCUT2D eigenvalue weighted by atomic mass is 9.74. The van der Waals surface area contributed by atoms with E-state index in [1.807, 2.05) is 0 Å². The molecule has 0 aliphatic carbocycles. The first-order valence-electron chi connectivity index (χ1n) is 7.69. The van der Waals surface area contributed by atoms with Crippen molar-refractivity contribution in [3.8, 4) is 11.8 Å². The first-order chi connectivity index (χ1) is 12.0. The van der Waals surface area contributed by atoms with Gasteiger partial charge in [-0.3, -0.25) is 14.6 Å². The zero-order chi connectivity index (χ0) is 18.1. The molecule has 1 aliphatic heterocycles. The van der Waals surface area contributed by atoms with Gasteiger partial charge >= 0.3 is 0 Å². The van der Waals surface area contributed by atoms with Gasteiger partial charge in [0, 0.05) is 17.2 Å². The van der Waals surface area contributed by atoms with Gasteiger partial charge in [0.1, 0.15) is 11.5 Å². The molecule has 2 aromatic rings. The summed E-state index contributed by atoms with van der Waals surface area (Å²) >= 11 is 0. The van der Waals surface area contributed by atoms with Crippen LogP contribution in [0, 0.1) is 17.2 Å². The first kappa shape index (κ1) is 16.6. The monoisotopic (exact) mass is 336 g/mol. The number of hydrogen-bond donors (Lipinski definition) is 1. The zero-order valence-electron chi connectivity index (χ0n) is 14.0.